The van der Waals surface area contributed by atoms with Crippen LogP contribution < -0.4 is 14.2 Å². The Labute approximate surface area is 300 Å². The Kier molecular flexibility index (Phi) is 13.6. The summed E-state index contributed by atoms with van der Waals surface area (Å²) in [5, 5.41) is 10.6. The lowest BCUT2D eigenvalue weighted by molar-refractivity contribution is -0.00833. The highest BCUT2D eigenvalue weighted by molar-refractivity contribution is 7.92. The molecule has 0 radical (unpaired) electrons. The monoisotopic (exact) mass is 751 g/mol. The van der Waals surface area contributed by atoms with Crippen molar-refractivity contribution >= 4 is 43.2 Å². The van der Waals surface area contributed by atoms with E-state index in [1.807, 2.05) is 13.8 Å². The van der Waals surface area contributed by atoms with Crippen LogP contribution in [-0.4, -0.2) is 95.8 Å². The number of hydrogen-bond acceptors (Lipinski definition) is 9. The van der Waals surface area contributed by atoms with Crippen molar-refractivity contribution in [3.8, 4) is 11.5 Å². The summed E-state index contributed by atoms with van der Waals surface area (Å²) in [5.41, 5.74) is 0.245. The standard InChI is InChI=1S/C35H46ClN3O9S2/c1-24-21-39(25(2)23-40)35(41)32-20-28(37-49(42,43)30-14-9-27(36)10-15-30)11-18-33(32)48-26(3)8-6-7-19-47-34(24)22-38(4)50(44,45)31-16-12-29(46-5)13-17-31/h9-18,20,24-26,34,37,40H,6-8,19,21-23H2,1-5H3/t24-,25+,26-,34+/m0/s1. The first-order chi connectivity index (χ1) is 23.7. The maximum atomic E-state index is 14.4. The lowest BCUT2D eigenvalue weighted by Gasteiger charge is -2.35. The molecule has 1 amide bonds. The van der Waals surface area contributed by atoms with E-state index >= 15 is 0 Å². The summed E-state index contributed by atoms with van der Waals surface area (Å²) < 4.78 is 74.9. The Morgan fingerprint density at radius 2 is 1.68 bits per heavy atom. The Morgan fingerprint density at radius 1 is 1.02 bits per heavy atom. The fourth-order valence-corrected chi connectivity index (χ4v) is 7.91. The second-order valence-corrected chi connectivity index (χ2v) is 16.7. The van der Waals surface area contributed by atoms with Crippen molar-refractivity contribution in [2.75, 3.05) is 45.2 Å². The molecule has 0 saturated heterocycles. The van der Waals surface area contributed by atoms with Crippen LogP contribution in [0.1, 0.15) is 50.4 Å². The summed E-state index contributed by atoms with van der Waals surface area (Å²) in [7, 11) is -4.92. The molecule has 0 bridgehead atoms. The molecule has 3 aromatic rings. The minimum absolute atomic E-state index is 0.00690. The van der Waals surface area contributed by atoms with Gasteiger partial charge in [-0.3, -0.25) is 9.52 Å². The van der Waals surface area contributed by atoms with E-state index in [1.54, 1.807) is 25.1 Å². The topological polar surface area (TPSA) is 152 Å². The van der Waals surface area contributed by atoms with E-state index in [1.165, 1.54) is 71.9 Å². The molecule has 4 atom stereocenters. The second kappa shape index (κ2) is 17.2. The van der Waals surface area contributed by atoms with Crippen molar-refractivity contribution in [2.45, 2.75) is 68.1 Å². The van der Waals surface area contributed by atoms with Crippen molar-refractivity contribution in [2.24, 2.45) is 5.92 Å². The number of hydrogen-bond donors (Lipinski definition) is 2. The summed E-state index contributed by atoms with van der Waals surface area (Å²) in [6.07, 6.45) is 1.19. The predicted molar refractivity (Wildman–Crippen MR) is 192 cm³/mol. The molecule has 1 heterocycles. The Hall–Kier alpha value is -3.40. The number of sulfonamides is 2. The molecule has 0 saturated carbocycles. The number of halogens is 1. The van der Waals surface area contributed by atoms with E-state index < -0.39 is 38.1 Å². The zero-order valence-corrected chi connectivity index (χ0v) is 31.3. The SMILES string of the molecule is COc1ccc(S(=O)(=O)N(C)C[C@H]2OCCCC[C@H](C)Oc3ccc(NS(=O)(=O)c4ccc(Cl)cc4)cc3C(=O)N([C@H](C)CO)C[C@@H]2C)cc1. The number of methoxy groups -OCH3 is 1. The van der Waals surface area contributed by atoms with Gasteiger partial charge in [0.1, 0.15) is 11.5 Å². The highest BCUT2D eigenvalue weighted by Gasteiger charge is 2.32. The van der Waals surface area contributed by atoms with Gasteiger partial charge >= 0.3 is 0 Å². The van der Waals surface area contributed by atoms with Crippen LogP contribution in [0, 0.1) is 5.92 Å². The minimum Gasteiger partial charge on any atom is -0.497 e. The smallest absolute Gasteiger partial charge is 0.261 e. The number of ether oxygens (including phenoxy) is 3. The predicted octanol–water partition coefficient (Wildman–Crippen LogP) is 5.27. The first-order valence-corrected chi connectivity index (χ1v) is 19.7. The van der Waals surface area contributed by atoms with Crippen molar-refractivity contribution in [3.63, 3.8) is 0 Å². The maximum absolute atomic E-state index is 14.4. The number of amides is 1. The van der Waals surface area contributed by atoms with Gasteiger partial charge in [0.15, 0.2) is 0 Å². The summed E-state index contributed by atoms with van der Waals surface area (Å²) in [5.74, 6) is -0.0814. The number of likely N-dealkylation sites (N-methyl/N-ethyl adjacent to an activating group) is 1. The number of rotatable bonds is 10. The number of nitrogens with zero attached hydrogens (tertiary/aromatic N) is 2. The van der Waals surface area contributed by atoms with Gasteiger partial charge in [0.25, 0.3) is 15.9 Å². The van der Waals surface area contributed by atoms with Gasteiger partial charge in [-0.1, -0.05) is 18.5 Å². The van der Waals surface area contributed by atoms with Crippen LogP contribution in [0.3, 0.4) is 0 Å². The molecule has 12 nitrogen and oxygen atoms in total. The van der Waals surface area contributed by atoms with Crippen LogP contribution >= 0.6 is 11.6 Å². The van der Waals surface area contributed by atoms with E-state index in [-0.39, 0.29) is 58.5 Å². The van der Waals surface area contributed by atoms with E-state index in [9.17, 15) is 26.7 Å². The van der Waals surface area contributed by atoms with Crippen molar-refractivity contribution < 1.29 is 40.9 Å². The zero-order valence-electron chi connectivity index (χ0n) is 28.9. The molecular formula is C35H46ClN3O9S2. The molecule has 2 N–H and O–H groups in total. The maximum Gasteiger partial charge on any atom is 0.261 e. The Bertz CT molecular complexity index is 1810. The third-order valence-electron chi connectivity index (χ3n) is 8.63. The number of carbonyl (C=O) groups excluding carboxylic acids is 1. The summed E-state index contributed by atoms with van der Waals surface area (Å²) in [6, 6.07) is 15.7. The van der Waals surface area contributed by atoms with Crippen LogP contribution in [0.4, 0.5) is 5.69 Å². The second-order valence-electron chi connectivity index (χ2n) is 12.5. The quantitative estimate of drug-likeness (QED) is 0.283. The Morgan fingerprint density at radius 3 is 2.32 bits per heavy atom. The normalized spacial score (nSPS) is 20.4. The molecule has 0 unspecified atom stereocenters. The first kappa shape index (κ1) is 39.4. The number of carbonyl (C=O) groups is 1. The van der Waals surface area contributed by atoms with Gasteiger partial charge in [0.2, 0.25) is 10.0 Å². The first-order valence-electron chi connectivity index (χ1n) is 16.4. The molecule has 1 aliphatic rings. The number of aliphatic hydroxyl groups excluding tert-OH is 1. The molecule has 0 aromatic heterocycles. The van der Waals surface area contributed by atoms with E-state index in [0.29, 0.717) is 30.2 Å². The number of anilines is 1. The molecule has 0 spiro atoms. The highest BCUT2D eigenvalue weighted by Crippen LogP contribution is 2.30. The molecule has 0 aliphatic carbocycles. The van der Waals surface area contributed by atoms with Crippen molar-refractivity contribution in [1.29, 1.82) is 0 Å². The molecular weight excluding hydrogens is 706 g/mol. The van der Waals surface area contributed by atoms with Crippen molar-refractivity contribution in [3.05, 3.63) is 77.3 Å². The number of nitrogens with one attached hydrogen (secondary N) is 1. The van der Waals surface area contributed by atoms with Crippen LogP contribution in [0.5, 0.6) is 11.5 Å². The van der Waals surface area contributed by atoms with Gasteiger partial charge in [0.05, 0.1) is 47.3 Å². The van der Waals surface area contributed by atoms with E-state index in [0.717, 1.165) is 6.42 Å². The molecule has 50 heavy (non-hydrogen) atoms. The van der Waals surface area contributed by atoms with Gasteiger partial charge in [0, 0.05) is 43.4 Å². The van der Waals surface area contributed by atoms with Crippen LogP contribution in [0.15, 0.2) is 76.5 Å². The van der Waals surface area contributed by atoms with Crippen LogP contribution in [-0.2, 0) is 24.8 Å². The number of aliphatic hydroxyl groups is 1. The average Bonchev–Trinajstić information content (AvgIpc) is 3.09. The zero-order chi connectivity index (χ0) is 36.6. The van der Waals surface area contributed by atoms with Crippen molar-refractivity contribution in [1.82, 2.24) is 9.21 Å². The Balaban J connectivity index is 1.66. The minimum atomic E-state index is -4.02. The average molecular weight is 752 g/mol. The summed E-state index contributed by atoms with van der Waals surface area (Å²) >= 11 is 5.94. The third-order valence-corrected chi connectivity index (χ3v) is 12.1. The van der Waals surface area contributed by atoms with E-state index in [2.05, 4.69) is 4.72 Å². The molecule has 3 aromatic carbocycles. The third kappa shape index (κ3) is 9.89. The highest BCUT2D eigenvalue weighted by atomic mass is 35.5. The van der Waals surface area contributed by atoms with Gasteiger partial charge in [-0.15, -0.1) is 0 Å². The molecule has 274 valence electrons. The molecule has 0 fully saturated rings. The van der Waals surface area contributed by atoms with Gasteiger partial charge in [-0.05, 0) is 99.8 Å². The van der Waals surface area contributed by atoms with Gasteiger partial charge in [-0.2, -0.15) is 4.31 Å². The van der Waals surface area contributed by atoms with Crippen LogP contribution in [0.2, 0.25) is 5.02 Å². The molecule has 1 aliphatic heterocycles. The fourth-order valence-electron chi connectivity index (χ4n) is 5.56. The van der Waals surface area contributed by atoms with Gasteiger partial charge in [-0.25, -0.2) is 16.8 Å². The fraction of sp³-hybridized carbons (Fsp3) is 0.457. The summed E-state index contributed by atoms with van der Waals surface area (Å²) in [4.78, 5) is 16.0. The molecule has 15 heteroatoms. The number of benzene rings is 3. The number of fused-ring (bicyclic) bond motifs is 1. The van der Waals surface area contributed by atoms with Gasteiger partial charge < -0.3 is 24.2 Å². The molecule has 4 rings (SSSR count). The van der Waals surface area contributed by atoms with Crippen LogP contribution in [0.25, 0.3) is 0 Å². The lowest BCUT2D eigenvalue weighted by Crippen LogP contribution is -2.48. The largest absolute Gasteiger partial charge is 0.497 e. The van der Waals surface area contributed by atoms with E-state index in [4.69, 9.17) is 25.8 Å². The lowest BCUT2D eigenvalue weighted by atomic mass is 10.0. The summed E-state index contributed by atoms with van der Waals surface area (Å²) in [6.45, 7) is 5.57.